The fraction of sp³-hybridized carbons (Fsp3) is 0.105. The SMILES string of the molecule is OC(c1ccc(-c2ccccc2)cn1)N(O)Cc1ccccc1. The van der Waals surface area contributed by atoms with Crippen LogP contribution in [0.4, 0.5) is 0 Å². The number of pyridine rings is 1. The van der Waals surface area contributed by atoms with Crippen molar-refractivity contribution in [3.63, 3.8) is 0 Å². The molecule has 3 rings (SSSR count). The highest BCUT2D eigenvalue weighted by Crippen LogP contribution is 2.21. The highest BCUT2D eigenvalue weighted by atomic mass is 16.5. The van der Waals surface area contributed by atoms with E-state index in [1.807, 2.05) is 66.7 Å². The Bertz CT molecular complexity index is 730. The zero-order valence-electron chi connectivity index (χ0n) is 12.6. The van der Waals surface area contributed by atoms with Gasteiger partial charge in [-0.1, -0.05) is 66.7 Å². The van der Waals surface area contributed by atoms with E-state index in [4.69, 9.17) is 0 Å². The average Bonchev–Trinajstić information content (AvgIpc) is 2.63. The van der Waals surface area contributed by atoms with Crippen LogP contribution in [0.3, 0.4) is 0 Å². The van der Waals surface area contributed by atoms with Gasteiger partial charge in [0.1, 0.15) is 0 Å². The van der Waals surface area contributed by atoms with Gasteiger partial charge in [-0.15, -0.1) is 0 Å². The van der Waals surface area contributed by atoms with Crippen LogP contribution in [0.15, 0.2) is 79.0 Å². The maximum absolute atomic E-state index is 10.2. The number of aromatic nitrogens is 1. The van der Waals surface area contributed by atoms with E-state index in [1.54, 1.807) is 12.3 Å². The second-order valence-electron chi connectivity index (χ2n) is 5.29. The summed E-state index contributed by atoms with van der Waals surface area (Å²) in [4.78, 5) is 4.27. The summed E-state index contributed by atoms with van der Waals surface area (Å²) in [7, 11) is 0. The van der Waals surface area contributed by atoms with Crippen molar-refractivity contribution in [1.29, 1.82) is 0 Å². The van der Waals surface area contributed by atoms with Crippen LogP contribution in [0.5, 0.6) is 0 Å². The molecule has 1 heterocycles. The topological polar surface area (TPSA) is 56.6 Å². The molecule has 0 saturated carbocycles. The van der Waals surface area contributed by atoms with E-state index in [0.29, 0.717) is 5.69 Å². The third kappa shape index (κ3) is 3.81. The van der Waals surface area contributed by atoms with Gasteiger partial charge in [0.05, 0.1) is 12.2 Å². The van der Waals surface area contributed by atoms with E-state index in [2.05, 4.69) is 4.98 Å². The number of benzene rings is 2. The molecule has 0 aliphatic carbocycles. The Hall–Kier alpha value is -2.53. The Kier molecular flexibility index (Phi) is 4.78. The van der Waals surface area contributed by atoms with Crippen LogP contribution in [0.25, 0.3) is 11.1 Å². The van der Waals surface area contributed by atoms with Gasteiger partial charge in [-0.3, -0.25) is 4.98 Å². The number of aliphatic hydroxyl groups excluding tert-OH is 1. The molecule has 0 radical (unpaired) electrons. The van der Waals surface area contributed by atoms with E-state index >= 15 is 0 Å². The third-order valence-electron chi connectivity index (χ3n) is 3.63. The third-order valence-corrected chi connectivity index (χ3v) is 3.63. The lowest BCUT2D eigenvalue weighted by Crippen LogP contribution is -2.25. The first-order chi connectivity index (χ1) is 11.2. The molecular weight excluding hydrogens is 288 g/mol. The minimum absolute atomic E-state index is 0.226. The minimum atomic E-state index is -1.17. The number of hydrogen-bond acceptors (Lipinski definition) is 4. The molecule has 0 amide bonds. The smallest absolute Gasteiger partial charge is 0.172 e. The van der Waals surface area contributed by atoms with Crippen LogP contribution in [0.2, 0.25) is 0 Å². The summed E-state index contributed by atoms with van der Waals surface area (Å²) in [5.74, 6) is 0. The van der Waals surface area contributed by atoms with Crippen LogP contribution in [-0.2, 0) is 6.54 Å². The van der Waals surface area contributed by atoms with Gasteiger partial charge in [0.15, 0.2) is 6.23 Å². The van der Waals surface area contributed by atoms with E-state index in [1.165, 1.54) is 0 Å². The van der Waals surface area contributed by atoms with E-state index in [-0.39, 0.29) is 6.54 Å². The van der Waals surface area contributed by atoms with Gasteiger partial charge in [0.2, 0.25) is 0 Å². The highest BCUT2D eigenvalue weighted by molar-refractivity contribution is 5.62. The zero-order chi connectivity index (χ0) is 16.1. The van der Waals surface area contributed by atoms with Crippen molar-refractivity contribution in [3.8, 4) is 11.1 Å². The Morgan fingerprint density at radius 2 is 1.48 bits per heavy atom. The lowest BCUT2D eigenvalue weighted by atomic mass is 10.1. The molecule has 4 nitrogen and oxygen atoms in total. The Balaban J connectivity index is 1.71. The zero-order valence-corrected chi connectivity index (χ0v) is 12.6. The van der Waals surface area contributed by atoms with Gasteiger partial charge < -0.3 is 10.3 Å². The van der Waals surface area contributed by atoms with Crippen molar-refractivity contribution in [2.45, 2.75) is 12.8 Å². The summed E-state index contributed by atoms with van der Waals surface area (Å²) in [6.45, 7) is 0.226. The molecule has 0 fully saturated rings. The van der Waals surface area contributed by atoms with Crippen LogP contribution < -0.4 is 0 Å². The molecule has 1 aromatic heterocycles. The van der Waals surface area contributed by atoms with Gasteiger partial charge in [-0.25, -0.2) is 0 Å². The van der Waals surface area contributed by atoms with Crippen LogP contribution >= 0.6 is 0 Å². The fourth-order valence-corrected chi connectivity index (χ4v) is 2.37. The largest absolute Gasteiger partial charge is 0.371 e. The molecule has 2 aromatic carbocycles. The first-order valence-corrected chi connectivity index (χ1v) is 7.43. The predicted molar refractivity (Wildman–Crippen MR) is 88.4 cm³/mol. The monoisotopic (exact) mass is 306 g/mol. The molecule has 23 heavy (non-hydrogen) atoms. The van der Waals surface area contributed by atoms with Gasteiger partial charge in [0, 0.05) is 11.8 Å². The summed E-state index contributed by atoms with van der Waals surface area (Å²) < 4.78 is 0. The highest BCUT2D eigenvalue weighted by Gasteiger charge is 2.17. The number of rotatable bonds is 5. The number of nitrogens with zero attached hydrogens (tertiary/aromatic N) is 2. The average molecular weight is 306 g/mol. The van der Waals surface area contributed by atoms with Crippen molar-refractivity contribution in [1.82, 2.24) is 10.0 Å². The lowest BCUT2D eigenvalue weighted by Gasteiger charge is -2.21. The Labute approximate surface area is 135 Å². The maximum atomic E-state index is 10.2. The van der Waals surface area contributed by atoms with Gasteiger partial charge in [-0.2, -0.15) is 5.06 Å². The van der Waals surface area contributed by atoms with Crippen molar-refractivity contribution in [2.75, 3.05) is 0 Å². The molecule has 0 spiro atoms. The van der Waals surface area contributed by atoms with Crippen molar-refractivity contribution >= 4 is 0 Å². The summed E-state index contributed by atoms with van der Waals surface area (Å²) >= 11 is 0. The molecule has 4 heteroatoms. The summed E-state index contributed by atoms with van der Waals surface area (Å²) in [6, 6.07) is 23.0. The maximum Gasteiger partial charge on any atom is 0.172 e. The standard InChI is InChI=1S/C19H18N2O2/c22-19(21(23)14-15-7-3-1-4-8-15)18-12-11-17(13-20-18)16-9-5-2-6-10-16/h1-13,19,22-23H,14H2. The summed E-state index contributed by atoms with van der Waals surface area (Å²) in [5.41, 5.74) is 3.35. The van der Waals surface area contributed by atoms with Crippen LogP contribution in [-0.4, -0.2) is 20.4 Å². The number of hydrogen-bond donors (Lipinski definition) is 2. The fourth-order valence-electron chi connectivity index (χ4n) is 2.37. The first kappa shape index (κ1) is 15.4. The molecule has 0 aliphatic rings. The Morgan fingerprint density at radius 3 is 2.09 bits per heavy atom. The summed E-state index contributed by atoms with van der Waals surface area (Å²) in [5, 5.41) is 21.2. The van der Waals surface area contributed by atoms with E-state index in [0.717, 1.165) is 21.8 Å². The van der Waals surface area contributed by atoms with Gasteiger partial charge in [-0.05, 0) is 17.2 Å². The van der Waals surface area contributed by atoms with E-state index < -0.39 is 6.23 Å². The number of aliphatic hydroxyl groups is 1. The molecule has 0 aliphatic heterocycles. The van der Waals surface area contributed by atoms with Crippen molar-refractivity contribution < 1.29 is 10.3 Å². The molecule has 1 atom stereocenters. The van der Waals surface area contributed by atoms with Crippen LogP contribution in [0, 0.1) is 0 Å². The van der Waals surface area contributed by atoms with E-state index in [9.17, 15) is 10.3 Å². The van der Waals surface area contributed by atoms with Crippen molar-refractivity contribution in [2.24, 2.45) is 0 Å². The minimum Gasteiger partial charge on any atom is -0.371 e. The van der Waals surface area contributed by atoms with Crippen LogP contribution in [0.1, 0.15) is 17.5 Å². The first-order valence-electron chi connectivity index (χ1n) is 7.43. The van der Waals surface area contributed by atoms with Gasteiger partial charge in [0.25, 0.3) is 0 Å². The Morgan fingerprint density at radius 1 is 0.826 bits per heavy atom. The lowest BCUT2D eigenvalue weighted by molar-refractivity contribution is -0.208. The molecule has 3 aromatic rings. The van der Waals surface area contributed by atoms with Crippen molar-refractivity contribution in [3.05, 3.63) is 90.3 Å². The predicted octanol–water partition coefficient (Wildman–Crippen LogP) is 3.63. The molecule has 0 bridgehead atoms. The number of hydroxylamine groups is 2. The molecular formula is C19H18N2O2. The van der Waals surface area contributed by atoms with Gasteiger partial charge >= 0.3 is 0 Å². The molecule has 1 unspecified atom stereocenters. The molecule has 0 saturated heterocycles. The molecule has 2 N–H and O–H groups in total. The molecule has 116 valence electrons. The quantitative estimate of drug-likeness (QED) is 0.558. The normalized spacial score (nSPS) is 12.3. The summed E-state index contributed by atoms with van der Waals surface area (Å²) in [6.07, 6.45) is 0.532. The second-order valence-corrected chi connectivity index (χ2v) is 5.29. The second kappa shape index (κ2) is 7.15.